The van der Waals surface area contributed by atoms with E-state index in [1.807, 2.05) is 0 Å². The summed E-state index contributed by atoms with van der Waals surface area (Å²) in [6.45, 7) is 7.41. The molecule has 0 radical (unpaired) electrons. The van der Waals surface area contributed by atoms with E-state index in [1.54, 1.807) is 0 Å². The molecule has 0 spiro atoms. The molecule has 0 aliphatic rings. The number of unbranched alkanes of at least 4 members (excludes halogenated alkanes) is 4. The molecule has 2 aromatic rings. The highest BCUT2D eigenvalue weighted by Gasteiger charge is 2.12. The highest BCUT2D eigenvalue weighted by atomic mass is 79.9. The van der Waals surface area contributed by atoms with E-state index < -0.39 is 0 Å². The van der Waals surface area contributed by atoms with Crippen molar-refractivity contribution in [2.24, 2.45) is 0 Å². The molecule has 0 bridgehead atoms. The number of benzene rings is 2. The van der Waals surface area contributed by atoms with Crippen LogP contribution in [0.25, 0.3) is 10.8 Å². The Balaban J connectivity index is 2.02. The van der Waals surface area contributed by atoms with Gasteiger partial charge in [0.25, 0.3) is 0 Å². The van der Waals surface area contributed by atoms with Crippen molar-refractivity contribution in [3.05, 3.63) is 35.9 Å². The first kappa shape index (κ1) is 22.1. The molecule has 0 saturated carbocycles. The number of halogens is 1. The van der Waals surface area contributed by atoms with Crippen LogP contribution in [0.3, 0.4) is 0 Å². The molecule has 1 unspecified atom stereocenters. The molecule has 3 heteroatoms. The normalized spacial score (nSPS) is 12.3. The Hall–Kier alpha value is -1.22. The Labute approximate surface area is 173 Å². The molecule has 0 aliphatic carbocycles. The van der Waals surface area contributed by atoms with Crippen molar-refractivity contribution in [2.75, 3.05) is 11.9 Å². The summed E-state index contributed by atoms with van der Waals surface area (Å²) in [5, 5.41) is 3.55. The number of aryl methyl sites for hydroxylation is 1. The summed E-state index contributed by atoms with van der Waals surface area (Å²) in [7, 11) is 0. The monoisotopic (exact) mass is 434 g/mol. The molecule has 0 aliphatic heterocycles. The van der Waals surface area contributed by atoms with E-state index >= 15 is 0 Å². The average Bonchev–Trinajstić information content (AvgIpc) is 2.69. The lowest BCUT2D eigenvalue weighted by Gasteiger charge is -2.20. The van der Waals surface area contributed by atoms with E-state index in [4.69, 9.17) is 9.47 Å². The molecule has 1 atom stereocenters. The fraction of sp³-hybridized carbons (Fsp3) is 0.583. The second-order valence-corrected chi connectivity index (χ2v) is 8.11. The third kappa shape index (κ3) is 7.03. The summed E-state index contributed by atoms with van der Waals surface area (Å²) in [6.07, 6.45) is 9.82. The zero-order valence-electron chi connectivity index (χ0n) is 17.2. The van der Waals surface area contributed by atoms with Crippen LogP contribution in [0.15, 0.2) is 30.3 Å². The van der Waals surface area contributed by atoms with Gasteiger partial charge >= 0.3 is 0 Å². The molecule has 27 heavy (non-hydrogen) atoms. The standard InChI is InChI=1S/C24H35BrO2/c1-4-6-8-11-21(5-2)27-24-15-12-20-18-22(13-14-23(20)19(24)3)26-17-10-7-9-16-25/h12-15,18,21H,4-11,16-17H2,1-3H3. The zero-order valence-corrected chi connectivity index (χ0v) is 18.8. The smallest absolute Gasteiger partial charge is 0.123 e. The van der Waals surface area contributed by atoms with Crippen molar-refractivity contribution in [1.29, 1.82) is 0 Å². The second kappa shape index (κ2) is 12.3. The molecule has 0 N–H and O–H groups in total. The summed E-state index contributed by atoms with van der Waals surface area (Å²) < 4.78 is 12.3. The molecule has 2 aromatic carbocycles. The highest BCUT2D eigenvalue weighted by molar-refractivity contribution is 9.09. The topological polar surface area (TPSA) is 18.5 Å². The van der Waals surface area contributed by atoms with Crippen molar-refractivity contribution < 1.29 is 9.47 Å². The lowest BCUT2D eigenvalue weighted by Crippen LogP contribution is -2.15. The summed E-state index contributed by atoms with van der Waals surface area (Å²) in [5.41, 5.74) is 1.23. The maximum atomic E-state index is 6.35. The Kier molecular flexibility index (Phi) is 10.0. The molecule has 150 valence electrons. The van der Waals surface area contributed by atoms with Crippen LogP contribution >= 0.6 is 15.9 Å². The van der Waals surface area contributed by atoms with Crippen molar-refractivity contribution in [3.63, 3.8) is 0 Å². The van der Waals surface area contributed by atoms with Crippen LogP contribution in [-0.2, 0) is 0 Å². The predicted octanol–water partition coefficient (Wildman–Crippen LogP) is 7.83. The number of fused-ring (bicyclic) bond motifs is 1. The maximum absolute atomic E-state index is 6.35. The SMILES string of the molecule is CCCCCC(CC)Oc1ccc2cc(OCCCCCBr)ccc2c1C. The van der Waals surface area contributed by atoms with E-state index in [2.05, 4.69) is 67.0 Å². The second-order valence-electron chi connectivity index (χ2n) is 7.31. The van der Waals surface area contributed by atoms with Crippen molar-refractivity contribution in [3.8, 4) is 11.5 Å². The van der Waals surface area contributed by atoms with Gasteiger partial charge in [-0.2, -0.15) is 0 Å². The van der Waals surface area contributed by atoms with Crippen LogP contribution in [0, 0.1) is 6.92 Å². The molecule has 0 heterocycles. The highest BCUT2D eigenvalue weighted by Crippen LogP contribution is 2.31. The van der Waals surface area contributed by atoms with Gasteiger partial charge in [0, 0.05) is 5.33 Å². The zero-order chi connectivity index (χ0) is 19.5. The molecule has 2 rings (SSSR count). The minimum atomic E-state index is 0.315. The van der Waals surface area contributed by atoms with Gasteiger partial charge in [-0.15, -0.1) is 0 Å². The molecule has 0 amide bonds. The van der Waals surface area contributed by atoms with Crippen LogP contribution < -0.4 is 9.47 Å². The van der Waals surface area contributed by atoms with Gasteiger partial charge in [0.15, 0.2) is 0 Å². The van der Waals surface area contributed by atoms with Crippen LogP contribution in [-0.4, -0.2) is 18.0 Å². The fourth-order valence-electron chi connectivity index (χ4n) is 3.37. The van der Waals surface area contributed by atoms with E-state index in [0.717, 1.165) is 42.7 Å². The van der Waals surface area contributed by atoms with Crippen LogP contribution in [0.5, 0.6) is 11.5 Å². The molecular formula is C24H35BrO2. The Morgan fingerprint density at radius 3 is 2.56 bits per heavy atom. The molecule has 2 nitrogen and oxygen atoms in total. The number of ether oxygens (including phenoxy) is 2. The van der Waals surface area contributed by atoms with Gasteiger partial charge in [-0.25, -0.2) is 0 Å². The summed E-state index contributed by atoms with van der Waals surface area (Å²) in [4.78, 5) is 0. The van der Waals surface area contributed by atoms with Crippen molar-refractivity contribution in [2.45, 2.75) is 78.2 Å². The minimum Gasteiger partial charge on any atom is -0.494 e. The first-order valence-corrected chi connectivity index (χ1v) is 11.7. The molecular weight excluding hydrogens is 400 g/mol. The predicted molar refractivity (Wildman–Crippen MR) is 121 cm³/mol. The van der Waals surface area contributed by atoms with E-state index in [1.165, 1.54) is 48.4 Å². The van der Waals surface area contributed by atoms with Gasteiger partial charge in [-0.1, -0.05) is 54.8 Å². The molecule has 0 fully saturated rings. The van der Waals surface area contributed by atoms with Gasteiger partial charge in [-0.05, 0) is 80.0 Å². The maximum Gasteiger partial charge on any atom is 0.123 e. The van der Waals surface area contributed by atoms with Crippen molar-refractivity contribution in [1.82, 2.24) is 0 Å². The third-order valence-electron chi connectivity index (χ3n) is 5.14. The summed E-state index contributed by atoms with van der Waals surface area (Å²) >= 11 is 3.47. The first-order chi connectivity index (χ1) is 13.2. The minimum absolute atomic E-state index is 0.315. The lowest BCUT2D eigenvalue weighted by molar-refractivity contribution is 0.182. The summed E-state index contributed by atoms with van der Waals surface area (Å²) in [5.74, 6) is 1.98. The van der Waals surface area contributed by atoms with Gasteiger partial charge in [0.05, 0.1) is 12.7 Å². The van der Waals surface area contributed by atoms with Gasteiger partial charge in [0.1, 0.15) is 11.5 Å². The first-order valence-electron chi connectivity index (χ1n) is 10.6. The Bertz CT molecular complexity index is 683. The van der Waals surface area contributed by atoms with Crippen LogP contribution in [0.4, 0.5) is 0 Å². The van der Waals surface area contributed by atoms with E-state index in [-0.39, 0.29) is 0 Å². The van der Waals surface area contributed by atoms with E-state index in [0.29, 0.717) is 6.10 Å². The molecule has 0 aromatic heterocycles. The van der Waals surface area contributed by atoms with Gasteiger partial charge in [0.2, 0.25) is 0 Å². The fourth-order valence-corrected chi connectivity index (χ4v) is 3.77. The van der Waals surface area contributed by atoms with Crippen LogP contribution in [0.2, 0.25) is 0 Å². The number of hydrogen-bond acceptors (Lipinski definition) is 2. The van der Waals surface area contributed by atoms with Gasteiger partial charge in [-0.3, -0.25) is 0 Å². The Morgan fingerprint density at radius 1 is 0.963 bits per heavy atom. The number of hydrogen-bond donors (Lipinski definition) is 0. The summed E-state index contributed by atoms with van der Waals surface area (Å²) in [6, 6.07) is 10.7. The quantitative estimate of drug-likeness (QED) is 0.236. The molecule has 0 saturated heterocycles. The van der Waals surface area contributed by atoms with E-state index in [9.17, 15) is 0 Å². The van der Waals surface area contributed by atoms with Crippen molar-refractivity contribution >= 4 is 26.7 Å². The third-order valence-corrected chi connectivity index (χ3v) is 5.70. The van der Waals surface area contributed by atoms with Crippen LogP contribution in [0.1, 0.15) is 70.8 Å². The Morgan fingerprint density at radius 2 is 1.81 bits per heavy atom. The van der Waals surface area contributed by atoms with Gasteiger partial charge < -0.3 is 9.47 Å². The lowest BCUT2D eigenvalue weighted by atomic mass is 10.0. The average molecular weight is 435 g/mol. The number of alkyl halides is 1. The largest absolute Gasteiger partial charge is 0.494 e. The number of rotatable bonds is 13.